The van der Waals surface area contributed by atoms with Crippen molar-refractivity contribution in [3.05, 3.63) is 45.5 Å². The second kappa shape index (κ2) is 7.96. The molecular formula is C23H29Cl2NO3. The van der Waals surface area contributed by atoms with Gasteiger partial charge in [0, 0.05) is 10.6 Å². The standard InChI is InChI=1S/C23H29Cl2NO3/c1-6-10-29-26-16-12-17-22(4,8-7-9-23(17,5)21(27)28)14-11-15(24)18(13(2)3)20(25)19(14)16/h6,11,13,17H,1,7-10,12H2,2-5H3,(H,27,28)/b26-16+/t17-,22-,23-/m1/s1. The summed E-state index contributed by atoms with van der Waals surface area (Å²) in [6.07, 6.45) is 4.51. The summed E-state index contributed by atoms with van der Waals surface area (Å²) >= 11 is 13.6. The fourth-order valence-electron chi connectivity index (χ4n) is 5.35. The summed E-state index contributed by atoms with van der Waals surface area (Å²) in [6.45, 7) is 12.1. The Morgan fingerprint density at radius 1 is 1.41 bits per heavy atom. The third-order valence-corrected chi connectivity index (χ3v) is 7.62. The summed E-state index contributed by atoms with van der Waals surface area (Å²) in [7, 11) is 0. The van der Waals surface area contributed by atoms with E-state index in [-0.39, 0.29) is 23.9 Å². The number of hydrogen-bond donors (Lipinski definition) is 1. The molecule has 0 amide bonds. The molecule has 1 saturated carbocycles. The van der Waals surface area contributed by atoms with Gasteiger partial charge in [-0.3, -0.25) is 4.79 Å². The highest BCUT2D eigenvalue weighted by Crippen LogP contribution is 2.59. The molecule has 158 valence electrons. The van der Waals surface area contributed by atoms with E-state index in [4.69, 9.17) is 28.0 Å². The second-order valence-corrected chi connectivity index (χ2v) is 9.82. The summed E-state index contributed by atoms with van der Waals surface area (Å²) in [5, 5.41) is 15.7. The molecule has 0 aliphatic heterocycles. The number of oxime groups is 1. The van der Waals surface area contributed by atoms with Crippen molar-refractivity contribution in [2.24, 2.45) is 16.5 Å². The fourth-order valence-corrected chi connectivity index (χ4v) is 6.35. The Morgan fingerprint density at radius 3 is 2.69 bits per heavy atom. The molecule has 2 aliphatic rings. The Morgan fingerprint density at radius 2 is 2.10 bits per heavy atom. The summed E-state index contributed by atoms with van der Waals surface area (Å²) in [5.41, 5.74) is 2.24. The van der Waals surface area contributed by atoms with E-state index in [0.717, 1.165) is 29.5 Å². The minimum Gasteiger partial charge on any atom is -0.481 e. The van der Waals surface area contributed by atoms with Gasteiger partial charge in [0.1, 0.15) is 6.61 Å². The molecule has 0 spiro atoms. The van der Waals surface area contributed by atoms with Gasteiger partial charge in [-0.1, -0.05) is 68.2 Å². The van der Waals surface area contributed by atoms with Crippen molar-refractivity contribution in [2.75, 3.05) is 6.61 Å². The van der Waals surface area contributed by atoms with Gasteiger partial charge in [-0.2, -0.15) is 0 Å². The second-order valence-electron chi connectivity index (χ2n) is 9.04. The van der Waals surface area contributed by atoms with Gasteiger partial charge >= 0.3 is 5.97 Å². The van der Waals surface area contributed by atoms with Crippen LogP contribution in [0.3, 0.4) is 0 Å². The van der Waals surface area contributed by atoms with Crippen LogP contribution in [0, 0.1) is 11.3 Å². The molecule has 0 radical (unpaired) electrons. The Bertz CT molecular complexity index is 879. The molecule has 2 aliphatic carbocycles. The van der Waals surface area contributed by atoms with Gasteiger partial charge in [-0.15, -0.1) is 0 Å². The number of rotatable bonds is 5. The van der Waals surface area contributed by atoms with E-state index < -0.39 is 11.4 Å². The maximum atomic E-state index is 12.3. The topological polar surface area (TPSA) is 58.9 Å². The first-order valence-corrected chi connectivity index (χ1v) is 10.9. The Balaban J connectivity index is 2.29. The zero-order valence-electron chi connectivity index (χ0n) is 17.5. The van der Waals surface area contributed by atoms with Crippen LogP contribution in [0.25, 0.3) is 0 Å². The van der Waals surface area contributed by atoms with Crippen LogP contribution in [0.5, 0.6) is 0 Å². The molecule has 0 aromatic heterocycles. The SMILES string of the molecule is C=CCO/N=C1\C[C@H]2[C@](C)(C(=O)O)CCC[C@]2(C)c2cc(Cl)c(C(C)C)c(Cl)c21. The van der Waals surface area contributed by atoms with Crippen molar-refractivity contribution in [2.45, 2.75) is 64.7 Å². The molecule has 3 atom stereocenters. The molecule has 0 unspecified atom stereocenters. The van der Waals surface area contributed by atoms with Gasteiger partial charge in [0.25, 0.3) is 0 Å². The maximum absolute atomic E-state index is 12.3. The largest absolute Gasteiger partial charge is 0.481 e. The lowest BCUT2D eigenvalue weighted by atomic mass is 9.49. The zero-order valence-corrected chi connectivity index (χ0v) is 19.0. The number of carbonyl (C=O) groups is 1. The molecule has 0 bridgehead atoms. The van der Waals surface area contributed by atoms with Gasteiger partial charge in [0.15, 0.2) is 0 Å². The number of carboxylic acid groups (broad SMARTS) is 1. The molecule has 3 rings (SSSR count). The van der Waals surface area contributed by atoms with Crippen molar-refractivity contribution < 1.29 is 14.7 Å². The predicted molar refractivity (Wildman–Crippen MR) is 118 cm³/mol. The zero-order chi connectivity index (χ0) is 21.6. The van der Waals surface area contributed by atoms with E-state index in [2.05, 4.69) is 32.5 Å². The molecular weight excluding hydrogens is 409 g/mol. The van der Waals surface area contributed by atoms with Crippen LogP contribution >= 0.6 is 23.2 Å². The van der Waals surface area contributed by atoms with Crippen LogP contribution in [-0.2, 0) is 15.0 Å². The average molecular weight is 438 g/mol. The van der Waals surface area contributed by atoms with Crippen molar-refractivity contribution in [3.63, 3.8) is 0 Å². The highest BCUT2D eigenvalue weighted by Gasteiger charge is 2.57. The first-order chi connectivity index (χ1) is 13.6. The first kappa shape index (κ1) is 22.2. The molecule has 1 fully saturated rings. The summed E-state index contributed by atoms with van der Waals surface area (Å²) in [5.74, 6) is -0.743. The number of benzene rings is 1. The number of fused-ring (bicyclic) bond motifs is 3. The normalized spacial score (nSPS) is 30.0. The van der Waals surface area contributed by atoms with E-state index >= 15 is 0 Å². The van der Waals surface area contributed by atoms with E-state index in [1.54, 1.807) is 6.08 Å². The third kappa shape index (κ3) is 3.48. The Labute approximate surface area is 182 Å². The van der Waals surface area contributed by atoms with E-state index in [9.17, 15) is 9.90 Å². The third-order valence-electron chi connectivity index (χ3n) is 6.92. The van der Waals surface area contributed by atoms with Gasteiger partial charge in [-0.25, -0.2) is 0 Å². The number of hydrogen-bond acceptors (Lipinski definition) is 3. The van der Waals surface area contributed by atoms with Crippen molar-refractivity contribution >= 4 is 34.9 Å². The van der Waals surface area contributed by atoms with Gasteiger partial charge in [0.2, 0.25) is 0 Å². The quantitative estimate of drug-likeness (QED) is 0.321. The number of aliphatic carboxylic acids is 1. The molecule has 0 heterocycles. The monoisotopic (exact) mass is 437 g/mol. The average Bonchev–Trinajstić information content (AvgIpc) is 2.62. The number of nitrogens with zero attached hydrogens (tertiary/aromatic N) is 1. The molecule has 29 heavy (non-hydrogen) atoms. The van der Waals surface area contributed by atoms with E-state index in [1.807, 2.05) is 13.0 Å². The Kier molecular flexibility index (Phi) is 6.08. The first-order valence-electron chi connectivity index (χ1n) is 10.1. The minimum atomic E-state index is -0.848. The molecule has 6 heteroatoms. The van der Waals surface area contributed by atoms with Gasteiger partial charge in [-0.05, 0) is 60.6 Å². The highest BCUT2D eigenvalue weighted by molar-refractivity contribution is 6.39. The molecule has 0 saturated heterocycles. The van der Waals surface area contributed by atoms with Crippen LogP contribution in [0.2, 0.25) is 10.0 Å². The summed E-state index contributed by atoms with van der Waals surface area (Å²) in [6, 6.07) is 1.99. The summed E-state index contributed by atoms with van der Waals surface area (Å²) < 4.78 is 0. The van der Waals surface area contributed by atoms with Crippen molar-refractivity contribution in [1.82, 2.24) is 0 Å². The van der Waals surface area contributed by atoms with Crippen LogP contribution in [0.15, 0.2) is 23.9 Å². The fraction of sp³-hybridized carbons (Fsp3) is 0.565. The lowest BCUT2D eigenvalue weighted by Gasteiger charge is -2.53. The molecule has 1 aromatic rings. The Hall–Kier alpha value is -1.52. The lowest BCUT2D eigenvalue weighted by molar-refractivity contribution is -0.156. The molecule has 4 nitrogen and oxygen atoms in total. The minimum absolute atomic E-state index is 0.128. The number of halogens is 2. The van der Waals surface area contributed by atoms with E-state index in [1.165, 1.54) is 0 Å². The van der Waals surface area contributed by atoms with Crippen molar-refractivity contribution in [3.8, 4) is 0 Å². The predicted octanol–water partition coefficient (Wildman–Crippen LogP) is 6.58. The van der Waals surface area contributed by atoms with Gasteiger partial charge in [0.05, 0.1) is 16.1 Å². The van der Waals surface area contributed by atoms with Crippen LogP contribution in [-0.4, -0.2) is 23.4 Å². The maximum Gasteiger partial charge on any atom is 0.309 e. The summed E-state index contributed by atoms with van der Waals surface area (Å²) in [4.78, 5) is 17.7. The molecule has 1 N–H and O–H groups in total. The molecule has 1 aromatic carbocycles. The van der Waals surface area contributed by atoms with Gasteiger partial charge < -0.3 is 9.94 Å². The smallest absolute Gasteiger partial charge is 0.309 e. The van der Waals surface area contributed by atoms with E-state index in [0.29, 0.717) is 28.6 Å². The van der Waals surface area contributed by atoms with Crippen LogP contribution < -0.4 is 0 Å². The highest BCUT2D eigenvalue weighted by atomic mass is 35.5. The van der Waals surface area contributed by atoms with Crippen LogP contribution in [0.1, 0.15) is 76.0 Å². The number of carboxylic acids is 1. The van der Waals surface area contributed by atoms with Crippen molar-refractivity contribution in [1.29, 1.82) is 0 Å². The lowest BCUT2D eigenvalue weighted by Crippen LogP contribution is -2.53. The van der Waals surface area contributed by atoms with Crippen LogP contribution in [0.4, 0.5) is 0 Å².